The lowest BCUT2D eigenvalue weighted by molar-refractivity contribution is 0.0916. The van der Waals surface area contributed by atoms with Crippen LogP contribution in [0, 0.1) is 0 Å². The van der Waals surface area contributed by atoms with Crippen molar-refractivity contribution >= 4 is 27.5 Å². The van der Waals surface area contributed by atoms with Crippen molar-refractivity contribution in [3.05, 3.63) is 58.6 Å². The fraction of sp³-hybridized carbons (Fsp3) is 0.222. The van der Waals surface area contributed by atoms with Crippen molar-refractivity contribution in [1.82, 2.24) is 10.3 Å². The minimum atomic E-state index is -0.755. The molecule has 3 aromatic rings. The zero-order valence-corrected chi connectivity index (χ0v) is 13.7. The molecule has 1 aliphatic heterocycles. The molecular weight excluding hydrogens is 324 g/mol. The van der Waals surface area contributed by atoms with Crippen LogP contribution in [0.3, 0.4) is 0 Å². The Balaban J connectivity index is 1.43. The van der Waals surface area contributed by atoms with E-state index in [1.807, 2.05) is 42.5 Å². The Kier molecular flexibility index (Phi) is 3.92. The number of aliphatic hydroxyl groups excluding tert-OH is 1. The summed E-state index contributed by atoms with van der Waals surface area (Å²) in [4.78, 5) is 16.6. The Morgan fingerprint density at radius 2 is 2.21 bits per heavy atom. The number of hydrogen-bond donors (Lipinski definition) is 2. The van der Waals surface area contributed by atoms with E-state index in [-0.39, 0.29) is 12.5 Å². The second-order valence-electron chi connectivity index (χ2n) is 5.68. The molecule has 1 amide bonds. The molecule has 4 rings (SSSR count). The molecule has 0 radical (unpaired) electrons. The minimum absolute atomic E-state index is 0.147. The van der Waals surface area contributed by atoms with E-state index in [0.717, 1.165) is 33.5 Å². The molecule has 1 aliphatic rings. The number of ether oxygens (including phenoxy) is 1. The molecule has 2 N–H and O–H groups in total. The number of para-hydroxylation sites is 1. The van der Waals surface area contributed by atoms with E-state index < -0.39 is 6.10 Å². The minimum Gasteiger partial charge on any atom is -0.493 e. The van der Waals surface area contributed by atoms with Crippen LogP contribution < -0.4 is 10.1 Å². The van der Waals surface area contributed by atoms with Crippen molar-refractivity contribution in [2.45, 2.75) is 12.5 Å². The molecule has 6 heteroatoms. The maximum absolute atomic E-state index is 12.2. The van der Waals surface area contributed by atoms with Crippen molar-refractivity contribution in [2.75, 3.05) is 13.2 Å². The van der Waals surface area contributed by atoms with E-state index in [0.29, 0.717) is 11.6 Å². The monoisotopic (exact) mass is 340 g/mol. The Morgan fingerprint density at radius 1 is 1.33 bits per heavy atom. The van der Waals surface area contributed by atoms with Gasteiger partial charge in [0, 0.05) is 13.0 Å². The van der Waals surface area contributed by atoms with Crippen LogP contribution in [0.4, 0.5) is 0 Å². The summed E-state index contributed by atoms with van der Waals surface area (Å²) in [6.45, 7) is 0.831. The van der Waals surface area contributed by atoms with Crippen LogP contribution in [0.5, 0.6) is 5.75 Å². The number of aliphatic hydroxyl groups is 1. The Morgan fingerprint density at radius 3 is 3.08 bits per heavy atom. The van der Waals surface area contributed by atoms with Gasteiger partial charge in [-0.2, -0.15) is 0 Å². The number of amides is 1. The summed E-state index contributed by atoms with van der Waals surface area (Å²) in [6.07, 6.45) is 0.0998. The van der Waals surface area contributed by atoms with E-state index >= 15 is 0 Å². The van der Waals surface area contributed by atoms with Gasteiger partial charge < -0.3 is 15.2 Å². The Hall–Kier alpha value is -2.44. The summed E-state index contributed by atoms with van der Waals surface area (Å²) in [5.74, 6) is 0.615. The molecular formula is C18H16N2O3S. The number of fused-ring (bicyclic) bond motifs is 2. The van der Waals surface area contributed by atoms with Gasteiger partial charge in [-0.1, -0.05) is 18.2 Å². The molecule has 0 spiro atoms. The van der Waals surface area contributed by atoms with E-state index in [1.165, 1.54) is 11.3 Å². The van der Waals surface area contributed by atoms with Gasteiger partial charge in [0.1, 0.15) is 5.75 Å². The zero-order chi connectivity index (χ0) is 16.5. The SMILES string of the molecule is O=C(NC[C@H](O)c1ccc2c(c1)CCO2)c1nc2ccccc2s1. The van der Waals surface area contributed by atoms with Crippen molar-refractivity contribution < 1.29 is 14.6 Å². The predicted octanol–water partition coefficient (Wildman–Crippen LogP) is 2.69. The predicted molar refractivity (Wildman–Crippen MR) is 92.6 cm³/mol. The van der Waals surface area contributed by atoms with Gasteiger partial charge in [-0.3, -0.25) is 4.79 Å². The first-order chi connectivity index (χ1) is 11.7. The highest BCUT2D eigenvalue weighted by molar-refractivity contribution is 7.20. The maximum Gasteiger partial charge on any atom is 0.280 e. The number of carbonyl (C=O) groups excluding carboxylic acids is 1. The molecule has 5 nitrogen and oxygen atoms in total. The van der Waals surface area contributed by atoms with Crippen LogP contribution in [0.2, 0.25) is 0 Å². The Bertz CT molecular complexity index is 873. The van der Waals surface area contributed by atoms with Gasteiger partial charge in [-0.05, 0) is 35.4 Å². The lowest BCUT2D eigenvalue weighted by Crippen LogP contribution is -2.28. The Labute approximate surface area is 142 Å². The second-order valence-corrected chi connectivity index (χ2v) is 6.71. The summed E-state index contributed by atoms with van der Waals surface area (Å²) in [6, 6.07) is 13.3. The second kappa shape index (κ2) is 6.22. The highest BCUT2D eigenvalue weighted by Gasteiger charge is 2.17. The summed E-state index contributed by atoms with van der Waals surface area (Å²) in [5, 5.41) is 13.5. The van der Waals surface area contributed by atoms with E-state index in [2.05, 4.69) is 10.3 Å². The first kappa shape index (κ1) is 15.1. The summed E-state index contributed by atoms with van der Waals surface area (Å²) >= 11 is 1.35. The third-order valence-corrected chi connectivity index (χ3v) is 5.08. The zero-order valence-electron chi connectivity index (χ0n) is 12.9. The fourth-order valence-corrected chi connectivity index (χ4v) is 3.65. The number of rotatable bonds is 4. The quantitative estimate of drug-likeness (QED) is 0.766. The standard InChI is InChI=1S/C18H16N2O3S/c21-14(11-5-6-15-12(9-11)7-8-23-15)10-19-17(22)18-20-13-3-1-2-4-16(13)24-18/h1-6,9,14,21H,7-8,10H2,(H,19,22)/t14-/m0/s1. The van der Waals surface area contributed by atoms with Crippen LogP contribution in [-0.2, 0) is 6.42 Å². The number of benzene rings is 2. The maximum atomic E-state index is 12.2. The molecule has 0 saturated carbocycles. The smallest absolute Gasteiger partial charge is 0.280 e. The molecule has 2 heterocycles. The average molecular weight is 340 g/mol. The number of thiazole rings is 1. The van der Waals surface area contributed by atoms with Crippen molar-refractivity contribution in [3.63, 3.8) is 0 Å². The average Bonchev–Trinajstić information content (AvgIpc) is 3.24. The third kappa shape index (κ3) is 2.86. The normalized spacial score (nSPS) is 14.2. The third-order valence-electron chi connectivity index (χ3n) is 4.04. The van der Waals surface area contributed by atoms with Crippen LogP contribution in [0.1, 0.15) is 27.0 Å². The van der Waals surface area contributed by atoms with Crippen LogP contribution in [-0.4, -0.2) is 29.1 Å². The van der Waals surface area contributed by atoms with Crippen molar-refractivity contribution in [1.29, 1.82) is 0 Å². The van der Waals surface area contributed by atoms with Crippen molar-refractivity contribution in [3.8, 4) is 5.75 Å². The van der Waals surface area contributed by atoms with Gasteiger partial charge in [0.25, 0.3) is 5.91 Å². The van der Waals surface area contributed by atoms with Gasteiger partial charge in [0.15, 0.2) is 5.01 Å². The van der Waals surface area contributed by atoms with E-state index in [9.17, 15) is 9.90 Å². The van der Waals surface area contributed by atoms with Crippen LogP contribution >= 0.6 is 11.3 Å². The largest absolute Gasteiger partial charge is 0.493 e. The molecule has 24 heavy (non-hydrogen) atoms. The summed E-state index contributed by atoms with van der Waals surface area (Å²) in [5.41, 5.74) is 2.69. The van der Waals surface area contributed by atoms with Gasteiger partial charge in [-0.15, -0.1) is 11.3 Å². The van der Waals surface area contributed by atoms with Crippen molar-refractivity contribution in [2.24, 2.45) is 0 Å². The summed E-state index contributed by atoms with van der Waals surface area (Å²) in [7, 11) is 0. The molecule has 0 unspecified atom stereocenters. The van der Waals surface area contributed by atoms with Gasteiger partial charge >= 0.3 is 0 Å². The van der Waals surface area contributed by atoms with E-state index in [1.54, 1.807) is 0 Å². The molecule has 0 bridgehead atoms. The molecule has 2 aromatic carbocycles. The first-order valence-electron chi connectivity index (χ1n) is 7.78. The fourth-order valence-electron chi connectivity index (χ4n) is 2.77. The topological polar surface area (TPSA) is 71.5 Å². The molecule has 1 atom stereocenters. The number of carbonyl (C=O) groups is 1. The van der Waals surface area contributed by atoms with Gasteiger partial charge in [-0.25, -0.2) is 4.98 Å². The van der Waals surface area contributed by atoms with Crippen LogP contribution in [0.15, 0.2) is 42.5 Å². The molecule has 1 aromatic heterocycles. The highest BCUT2D eigenvalue weighted by atomic mass is 32.1. The highest BCUT2D eigenvalue weighted by Crippen LogP contribution is 2.28. The summed E-state index contributed by atoms with van der Waals surface area (Å²) < 4.78 is 6.43. The lowest BCUT2D eigenvalue weighted by atomic mass is 10.0. The lowest BCUT2D eigenvalue weighted by Gasteiger charge is -2.12. The number of nitrogens with zero attached hydrogens (tertiary/aromatic N) is 1. The molecule has 122 valence electrons. The van der Waals surface area contributed by atoms with E-state index in [4.69, 9.17) is 4.74 Å². The number of aromatic nitrogens is 1. The van der Waals surface area contributed by atoms with Gasteiger partial charge in [0.05, 0.1) is 22.9 Å². The first-order valence-corrected chi connectivity index (χ1v) is 8.60. The van der Waals surface area contributed by atoms with Crippen LogP contribution in [0.25, 0.3) is 10.2 Å². The molecule has 0 fully saturated rings. The number of hydrogen-bond acceptors (Lipinski definition) is 5. The number of nitrogens with one attached hydrogen (secondary N) is 1. The van der Waals surface area contributed by atoms with Gasteiger partial charge in [0.2, 0.25) is 0 Å². The molecule has 0 aliphatic carbocycles. The molecule has 0 saturated heterocycles.